The Balaban J connectivity index is 2.00. The highest BCUT2D eigenvalue weighted by Crippen LogP contribution is 2.29. The van der Waals surface area contributed by atoms with Gasteiger partial charge in [-0.05, 0) is 24.8 Å². The SMILES string of the molecule is C#CCNCCC1CCC(C)CC1. The predicted molar refractivity (Wildman–Crippen MR) is 57.4 cm³/mol. The largest absolute Gasteiger partial charge is 0.306 e. The van der Waals surface area contributed by atoms with Gasteiger partial charge in [-0.3, -0.25) is 0 Å². The molecule has 0 radical (unpaired) electrons. The zero-order chi connectivity index (χ0) is 9.52. The van der Waals surface area contributed by atoms with E-state index in [2.05, 4.69) is 18.2 Å². The van der Waals surface area contributed by atoms with Crippen LogP contribution in [0, 0.1) is 24.2 Å². The minimum absolute atomic E-state index is 0.725. The Bertz CT molecular complexity index is 160. The standard InChI is InChI=1S/C12H21N/c1-3-9-13-10-8-12-6-4-11(2)5-7-12/h1,11-13H,4-10H2,2H3. The van der Waals surface area contributed by atoms with Gasteiger partial charge >= 0.3 is 0 Å². The van der Waals surface area contributed by atoms with E-state index in [0.717, 1.165) is 24.9 Å². The molecule has 1 N–H and O–H groups in total. The Hall–Kier alpha value is -0.480. The van der Waals surface area contributed by atoms with Crippen molar-refractivity contribution in [3.05, 3.63) is 0 Å². The van der Waals surface area contributed by atoms with Gasteiger partial charge in [0.15, 0.2) is 0 Å². The quantitative estimate of drug-likeness (QED) is 0.516. The van der Waals surface area contributed by atoms with Crippen LogP contribution >= 0.6 is 0 Å². The zero-order valence-corrected chi connectivity index (χ0v) is 8.68. The Kier molecular flexibility index (Phi) is 4.93. The van der Waals surface area contributed by atoms with Crippen LogP contribution in [-0.2, 0) is 0 Å². The molecular formula is C12H21N. The molecule has 0 amide bonds. The lowest BCUT2D eigenvalue weighted by molar-refractivity contribution is 0.276. The van der Waals surface area contributed by atoms with Crippen molar-refractivity contribution in [3.63, 3.8) is 0 Å². The molecule has 74 valence electrons. The molecule has 1 rings (SSSR count). The maximum Gasteiger partial charge on any atom is 0.0573 e. The number of hydrogen-bond donors (Lipinski definition) is 1. The van der Waals surface area contributed by atoms with Crippen LogP contribution in [0.5, 0.6) is 0 Å². The van der Waals surface area contributed by atoms with E-state index in [1.54, 1.807) is 0 Å². The fourth-order valence-electron chi connectivity index (χ4n) is 2.08. The van der Waals surface area contributed by atoms with E-state index in [-0.39, 0.29) is 0 Å². The third-order valence-corrected chi connectivity index (χ3v) is 3.09. The van der Waals surface area contributed by atoms with Crippen molar-refractivity contribution in [2.75, 3.05) is 13.1 Å². The fourth-order valence-corrected chi connectivity index (χ4v) is 2.08. The van der Waals surface area contributed by atoms with Crippen LogP contribution in [-0.4, -0.2) is 13.1 Å². The second-order valence-corrected chi connectivity index (χ2v) is 4.30. The van der Waals surface area contributed by atoms with Crippen molar-refractivity contribution in [3.8, 4) is 12.3 Å². The molecule has 0 aromatic heterocycles. The minimum Gasteiger partial charge on any atom is -0.306 e. The van der Waals surface area contributed by atoms with E-state index in [0.29, 0.717) is 0 Å². The van der Waals surface area contributed by atoms with Crippen molar-refractivity contribution in [1.29, 1.82) is 0 Å². The first-order chi connectivity index (χ1) is 6.33. The average Bonchev–Trinajstić information content (AvgIpc) is 2.15. The zero-order valence-electron chi connectivity index (χ0n) is 8.68. The summed E-state index contributed by atoms with van der Waals surface area (Å²) in [6.45, 7) is 4.19. The summed E-state index contributed by atoms with van der Waals surface area (Å²) in [5.41, 5.74) is 0. The molecule has 0 atom stereocenters. The second kappa shape index (κ2) is 6.05. The summed E-state index contributed by atoms with van der Waals surface area (Å²) in [4.78, 5) is 0. The minimum atomic E-state index is 0.725. The highest BCUT2D eigenvalue weighted by Gasteiger charge is 2.17. The predicted octanol–water partition coefficient (Wildman–Crippen LogP) is 2.43. The van der Waals surface area contributed by atoms with Crippen LogP contribution in [0.2, 0.25) is 0 Å². The van der Waals surface area contributed by atoms with Crippen molar-refractivity contribution in [2.45, 2.75) is 39.0 Å². The molecule has 13 heavy (non-hydrogen) atoms. The lowest BCUT2D eigenvalue weighted by atomic mass is 9.81. The molecule has 1 aliphatic rings. The van der Waals surface area contributed by atoms with E-state index >= 15 is 0 Å². The topological polar surface area (TPSA) is 12.0 Å². The average molecular weight is 179 g/mol. The molecule has 0 unspecified atom stereocenters. The van der Waals surface area contributed by atoms with Crippen molar-refractivity contribution < 1.29 is 0 Å². The lowest BCUT2D eigenvalue weighted by Crippen LogP contribution is -2.20. The first kappa shape index (κ1) is 10.6. The smallest absolute Gasteiger partial charge is 0.0573 e. The molecule has 0 saturated heterocycles. The Labute approximate surface area is 82.3 Å². The van der Waals surface area contributed by atoms with Crippen LogP contribution in [0.1, 0.15) is 39.0 Å². The third kappa shape index (κ3) is 4.33. The van der Waals surface area contributed by atoms with Gasteiger partial charge in [0.1, 0.15) is 0 Å². The summed E-state index contributed by atoms with van der Waals surface area (Å²) >= 11 is 0. The van der Waals surface area contributed by atoms with Gasteiger partial charge in [0.25, 0.3) is 0 Å². The first-order valence-corrected chi connectivity index (χ1v) is 5.47. The number of nitrogens with one attached hydrogen (secondary N) is 1. The maximum atomic E-state index is 5.15. The van der Waals surface area contributed by atoms with E-state index in [9.17, 15) is 0 Å². The maximum absolute atomic E-state index is 5.15. The second-order valence-electron chi connectivity index (χ2n) is 4.30. The molecule has 0 heterocycles. The van der Waals surface area contributed by atoms with Crippen LogP contribution in [0.25, 0.3) is 0 Å². The number of terminal acetylenes is 1. The van der Waals surface area contributed by atoms with E-state index in [4.69, 9.17) is 6.42 Å². The van der Waals surface area contributed by atoms with E-state index < -0.39 is 0 Å². The monoisotopic (exact) mass is 179 g/mol. The van der Waals surface area contributed by atoms with Gasteiger partial charge in [0.05, 0.1) is 6.54 Å². The van der Waals surface area contributed by atoms with Gasteiger partial charge in [-0.15, -0.1) is 6.42 Å². The van der Waals surface area contributed by atoms with Crippen LogP contribution in [0.4, 0.5) is 0 Å². The normalized spacial score (nSPS) is 28.3. The molecule has 0 aromatic carbocycles. The van der Waals surface area contributed by atoms with Crippen LogP contribution in [0.3, 0.4) is 0 Å². The molecule has 0 aromatic rings. The number of hydrogen-bond acceptors (Lipinski definition) is 1. The summed E-state index contributed by atoms with van der Waals surface area (Å²) in [5.74, 6) is 4.53. The van der Waals surface area contributed by atoms with Crippen molar-refractivity contribution >= 4 is 0 Å². The van der Waals surface area contributed by atoms with Gasteiger partial charge in [0.2, 0.25) is 0 Å². The molecule has 1 heteroatoms. The fraction of sp³-hybridized carbons (Fsp3) is 0.833. The lowest BCUT2D eigenvalue weighted by Gasteiger charge is -2.25. The Morgan fingerprint density at radius 1 is 1.31 bits per heavy atom. The summed E-state index contributed by atoms with van der Waals surface area (Å²) < 4.78 is 0. The third-order valence-electron chi connectivity index (χ3n) is 3.09. The van der Waals surface area contributed by atoms with E-state index in [1.165, 1.54) is 32.1 Å². The Morgan fingerprint density at radius 2 is 2.00 bits per heavy atom. The van der Waals surface area contributed by atoms with Crippen molar-refractivity contribution in [1.82, 2.24) is 5.32 Å². The van der Waals surface area contributed by atoms with Crippen LogP contribution < -0.4 is 5.32 Å². The van der Waals surface area contributed by atoms with Gasteiger partial charge in [-0.1, -0.05) is 38.5 Å². The summed E-state index contributed by atoms with van der Waals surface area (Å²) in [6, 6.07) is 0. The number of rotatable bonds is 4. The Morgan fingerprint density at radius 3 is 2.62 bits per heavy atom. The molecule has 0 spiro atoms. The van der Waals surface area contributed by atoms with Gasteiger partial charge in [-0.2, -0.15) is 0 Å². The molecule has 1 aliphatic carbocycles. The van der Waals surface area contributed by atoms with Gasteiger partial charge in [0, 0.05) is 0 Å². The molecule has 1 saturated carbocycles. The molecule has 0 aliphatic heterocycles. The van der Waals surface area contributed by atoms with Gasteiger partial charge < -0.3 is 5.32 Å². The summed E-state index contributed by atoms with van der Waals surface area (Å²) in [6.07, 6.45) is 12.2. The molecule has 1 fully saturated rings. The molecular weight excluding hydrogens is 158 g/mol. The van der Waals surface area contributed by atoms with Crippen LogP contribution in [0.15, 0.2) is 0 Å². The van der Waals surface area contributed by atoms with E-state index in [1.807, 2.05) is 0 Å². The van der Waals surface area contributed by atoms with Crippen molar-refractivity contribution in [2.24, 2.45) is 11.8 Å². The molecule has 1 nitrogen and oxygen atoms in total. The highest BCUT2D eigenvalue weighted by molar-refractivity contribution is 4.86. The summed E-state index contributed by atoms with van der Waals surface area (Å²) in [5, 5.41) is 3.26. The van der Waals surface area contributed by atoms with Gasteiger partial charge in [-0.25, -0.2) is 0 Å². The molecule has 0 bridgehead atoms. The highest BCUT2D eigenvalue weighted by atomic mass is 14.8. The summed E-state index contributed by atoms with van der Waals surface area (Å²) in [7, 11) is 0. The first-order valence-electron chi connectivity index (χ1n) is 5.47.